The second kappa shape index (κ2) is 4.52. The molecule has 20 heavy (non-hydrogen) atoms. The molecule has 2 heterocycles. The molecule has 4 N–H and O–H groups in total. The van der Waals surface area contributed by atoms with E-state index in [4.69, 9.17) is 11.5 Å². The van der Waals surface area contributed by atoms with Crippen LogP contribution in [0.2, 0.25) is 0 Å². The fourth-order valence-corrected chi connectivity index (χ4v) is 2.44. The number of hydrogen-bond acceptors (Lipinski definition) is 5. The number of carbonyl (C=O) groups excluding carboxylic acids is 1. The molecule has 1 aromatic heterocycles. The van der Waals surface area contributed by atoms with Gasteiger partial charge in [-0.3, -0.25) is 14.3 Å². The average Bonchev–Trinajstić information content (AvgIpc) is 2.67. The maximum atomic E-state index is 12.3. The summed E-state index contributed by atoms with van der Waals surface area (Å²) in [6.45, 7) is 1.36. The van der Waals surface area contributed by atoms with E-state index < -0.39 is 0 Å². The maximum Gasteiger partial charge on any atom is 0.294 e. The van der Waals surface area contributed by atoms with Crippen LogP contribution in [0.4, 0.5) is 11.5 Å². The van der Waals surface area contributed by atoms with Crippen molar-refractivity contribution < 1.29 is 4.79 Å². The standard InChI is InChI=1S/C13H15N5O2/c14-9-7-8(19)3-4-10(9)16-11-12(15)17-5-1-2-6-18(17)13(11)20/h3-4,7H,1-2,5-6,14-15H2/b16-10+. The van der Waals surface area contributed by atoms with Crippen LogP contribution in [0.5, 0.6) is 0 Å². The molecule has 0 fully saturated rings. The van der Waals surface area contributed by atoms with Gasteiger partial charge in [0.2, 0.25) is 0 Å². The van der Waals surface area contributed by atoms with Gasteiger partial charge in [-0.2, -0.15) is 0 Å². The number of nitrogens with zero attached hydrogens (tertiary/aromatic N) is 3. The third-order valence-electron chi connectivity index (χ3n) is 3.47. The van der Waals surface area contributed by atoms with Gasteiger partial charge in [0, 0.05) is 19.2 Å². The number of nitrogens with two attached hydrogens (primary N) is 2. The molecule has 1 aliphatic carbocycles. The van der Waals surface area contributed by atoms with Gasteiger partial charge in [0.1, 0.15) is 0 Å². The number of fused-ring (bicyclic) bond motifs is 1. The van der Waals surface area contributed by atoms with Crippen molar-refractivity contribution in [3.05, 3.63) is 34.3 Å². The van der Waals surface area contributed by atoms with Crippen molar-refractivity contribution in [2.45, 2.75) is 25.9 Å². The van der Waals surface area contributed by atoms with Crippen molar-refractivity contribution in [2.24, 2.45) is 10.7 Å². The number of rotatable bonds is 1. The normalized spacial score (nSPS) is 20.1. The topological polar surface area (TPSA) is 108 Å². The number of aromatic nitrogens is 2. The van der Waals surface area contributed by atoms with Gasteiger partial charge in [-0.1, -0.05) is 0 Å². The van der Waals surface area contributed by atoms with Crippen LogP contribution in [0.25, 0.3) is 0 Å². The Hall–Kier alpha value is -2.57. The van der Waals surface area contributed by atoms with Gasteiger partial charge in [0.25, 0.3) is 5.56 Å². The summed E-state index contributed by atoms with van der Waals surface area (Å²) in [5.74, 6) is 0.155. The minimum absolute atomic E-state index is 0.192. The molecule has 0 bridgehead atoms. The van der Waals surface area contributed by atoms with Crippen LogP contribution in [0.15, 0.2) is 33.7 Å². The third kappa shape index (κ3) is 1.87. The Labute approximate surface area is 114 Å². The number of hydrogen-bond donors (Lipinski definition) is 2. The SMILES string of the molecule is NC1=CC(=O)C=C/C1=N\c1c(N)n2n(c1=O)CCCC2. The molecule has 2 aliphatic rings. The van der Waals surface area contributed by atoms with Crippen LogP contribution in [0, 0.1) is 0 Å². The van der Waals surface area contributed by atoms with Crippen molar-refractivity contribution in [3.63, 3.8) is 0 Å². The summed E-state index contributed by atoms with van der Waals surface area (Å²) in [6, 6.07) is 0. The largest absolute Gasteiger partial charge is 0.397 e. The van der Waals surface area contributed by atoms with Crippen LogP contribution in [0.1, 0.15) is 12.8 Å². The highest BCUT2D eigenvalue weighted by Gasteiger charge is 2.20. The van der Waals surface area contributed by atoms with Gasteiger partial charge in [0.05, 0.1) is 11.4 Å². The molecule has 0 amide bonds. The van der Waals surface area contributed by atoms with Gasteiger partial charge >= 0.3 is 0 Å². The van der Waals surface area contributed by atoms with Gasteiger partial charge in [-0.25, -0.2) is 9.67 Å². The fourth-order valence-electron chi connectivity index (χ4n) is 2.44. The first-order valence-corrected chi connectivity index (χ1v) is 6.45. The zero-order valence-electron chi connectivity index (χ0n) is 10.9. The highest BCUT2D eigenvalue weighted by molar-refractivity contribution is 6.19. The van der Waals surface area contributed by atoms with E-state index >= 15 is 0 Å². The van der Waals surface area contributed by atoms with Crippen molar-refractivity contribution in [1.82, 2.24) is 9.36 Å². The quantitative estimate of drug-likeness (QED) is 0.706. The molecule has 7 heteroatoms. The molecule has 104 valence electrons. The molecule has 0 radical (unpaired) electrons. The smallest absolute Gasteiger partial charge is 0.294 e. The van der Waals surface area contributed by atoms with Gasteiger partial charge in [0.15, 0.2) is 17.3 Å². The lowest BCUT2D eigenvalue weighted by Crippen LogP contribution is -2.27. The first-order chi connectivity index (χ1) is 9.58. The second-order valence-corrected chi connectivity index (χ2v) is 4.82. The molecule has 1 aliphatic heterocycles. The zero-order chi connectivity index (χ0) is 14.3. The van der Waals surface area contributed by atoms with Crippen LogP contribution in [0.3, 0.4) is 0 Å². The summed E-state index contributed by atoms with van der Waals surface area (Å²) < 4.78 is 3.36. The van der Waals surface area contributed by atoms with Crippen LogP contribution in [-0.2, 0) is 17.9 Å². The lowest BCUT2D eigenvalue weighted by molar-refractivity contribution is -0.110. The van der Waals surface area contributed by atoms with E-state index in [0.29, 0.717) is 24.6 Å². The molecule has 0 saturated carbocycles. The molecule has 0 unspecified atom stereocenters. The first-order valence-electron chi connectivity index (χ1n) is 6.45. The molecule has 0 saturated heterocycles. The Bertz CT molecular complexity index is 733. The third-order valence-corrected chi connectivity index (χ3v) is 3.47. The molecule has 0 atom stereocenters. The number of ketones is 1. The molecular formula is C13H15N5O2. The lowest BCUT2D eigenvalue weighted by atomic mass is 10.1. The molecular weight excluding hydrogens is 258 g/mol. The number of anilines is 1. The summed E-state index contributed by atoms with van der Waals surface area (Å²) in [7, 11) is 0. The van der Waals surface area contributed by atoms with Crippen LogP contribution in [-0.4, -0.2) is 20.9 Å². The average molecular weight is 273 g/mol. The predicted octanol–water partition coefficient (Wildman–Crippen LogP) is 0.0798. The van der Waals surface area contributed by atoms with Crippen molar-refractivity contribution >= 4 is 23.0 Å². The Kier molecular flexibility index (Phi) is 2.81. The zero-order valence-corrected chi connectivity index (χ0v) is 10.9. The number of carbonyl (C=O) groups is 1. The van der Waals surface area contributed by atoms with Crippen LogP contribution < -0.4 is 17.0 Å². The van der Waals surface area contributed by atoms with E-state index in [-0.39, 0.29) is 22.7 Å². The molecule has 0 aromatic carbocycles. The lowest BCUT2D eigenvalue weighted by Gasteiger charge is -2.17. The molecule has 7 nitrogen and oxygen atoms in total. The Balaban J connectivity index is 2.11. The molecule has 3 rings (SSSR count). The van der Waals surface area contributed by atoms with E-state index in [1.165, 1.54) is 18.2 Å². The number of allylic oxidation sites excluding steroid dienone is 3. The Morgan fingerprint density at radius 2 is 1.75 bits per heavy atom. The fraction of sp³-hybridized carbons (Fsp3) is 0.308. The van der Waals surface area contributed by atoms with E-state index in [9.17, 15) is 9.59 Å². The molecule has 1 aromatic rings. The second-order valence-electron chi connectivity index (χ2n) is 4.82. The highest BCUT2D eigenvalue weighted by atomic mass is 16.1. The summed E-state index contributed by atoms with van der Waals surface area (Å²) in [5.41, 5.74) is 12.3. The Morgan fingerprint density at radius 1 is 1.05 bits per heavy atom. The van der Waals surface area contributed by atoms with E-state index in [1.54, 1.807) is 9.36 Å². The van der Waals surface area contributed by atoms with Crippen LogP contribution >= 0.6 is 0 Å². The maximum absolute atomic E-state index is 12.3. The van der Waals surface area contributed by atoms with Crippen molar-refractivity contribution in [1.29, 1.82) is 0 Å². The minimum Gasteiger partial charge on any atom is -0.397 e. The first kappa shape index (κ1) is 12.5. The minimum atomic E-state index is -0.215. The summed E-state index contributed by atoms with van der Waals surface area (Å²) in [4.78, 5) is 27.7. The van der Waals surface area contributed by atoms with E-state index in [2.05, 4.69) is 4.99 Å². The van der Waals surface area contributed by atoms with Crippen molar-refractivity contribution in [2.75, 3.05) is 5.73 Å². The van der Waals surface area contributed by atoms with Gasteiger partial charge in [-0.05, 0) is 25.0 Å². The van der Waals surface area contributed by atoms with Gasteiger partial charge < -0.3 is 11.5 Å². The van der Waals surface area contributed by atoms with E-state index in [0.717, 1.165) is 12.8 Å². The van der Waals surface area contributed by atoms with Crippen molar-refractivity contribution in [3.8, 4) is 0 Å². The number of aliphatic imine (C=N–C) groups is 1. The van der Waals surface area contributed by atoms with E-state index in [1.807, 2.05) is 0 Å². The monoisotopic (exact) mass is 273 g/mol. The summed E-state index contributed by atoms with van der Waals surface area (Å²) >= 11 is 0. The predicted molar refractivity (Wildman–Crippen MR) is 75.9 cm³/mol. The number of nitrogen functional groups attached to an aromatic ring is 1. The summed E-state index contributed by atoms with van der Waals surface area (Å²) in [6.07, 6.45) is 6.08. The highest BCUT2D eigenvalue weighted by Crippen LogP contribution is 2.22. The summed E-state index contributed by atoms with van der Waals surface area (Å²) in [5, 5.41) is 0. The Morgan fingerprint density at radius 3 is 2.40 bits per heavy atom. The van der Waals surface area contributed by atoms with Gasteiger partial charge in [-0.15, -0.1) is 0 Å². The molecule has 0 spiro atoms.